The van der Waals surface area contributed by atoms with Crippen molar-refractivity contribution in [2.24, 2.45) is 0 Å². The maximum Gasteiger partial charge on any atom is 0.326 e. The molecule has 0 fully saturated rings. The first-order valence-corrected chi connectivity index (χ1v) is 9.23. The molecule has 0 spiro atoms. The summed E-state index contributed by atoms with van der Waals surface area (Å²) >= 11 is 4.88. The van der Waals surface area contributed by atoms with Crippen LogP contribution in [0.5, 0.6) is 0 Å². The molecule has 0 radical (unpaired) electrons. The molecule has 1 aromatic rings. The number of aryl methyl sites for hydroxylation is 1. The standard InChI is InChI=1S/C16H18BrN3O3S/c1-10-3-4-13(12(17)7-10)19-9-11(8-18)15(21)20-14(16(22)23)5-6-24-2/h3-4,7,9,14,19H,5-6H2,1-2H3,(H,20,21)(H,22,23)/b11-9-. The van der Waals surface area contributed by atoms with Gasteiger partial charge in [0.1, 0.15) is 17.7 Å². The van der Waals surface area contributed by atoms with E-state index in [0.717, 1.165) is 10.0 Å². The number of nitrogens with one attached hydrogen (secondary N) is 2. The Morgan fingerprint density at radius 2 is 2.21 bits per heavy atom. The van der Waals surface area contributed by atoms with Crippen LogP contribution in [-0.2, 0) is 9.59 Å². The highest BCUT2D eigenvalue weighted by Gasteiger charge is 2.21. The zero-order chi connectivity index (χ0) is 18.1. The van der Waals surface area contributed by atoms with Gasteiger partial charge in [-0.3, -0.25) is 4.79 Å². The first kappa shape index (κ1) is 20.1. The van der Waals surface area contributed by atoms with Gasteiger partial charge in [-0.15, -0.1) is 0 Å². The number of carboxylic acids is 1. The molecule has 3 N–H and O–H groups in total. The van der Waals surface area contributed by atoms with Crippen LogP contribution >= 0.6 is 27.7 Å². The molecule has 0 saturated carbocycles. The van der Waals surface area contributed by atoms with Gasteiger partial charge in [0.05, 0.1) is 5.69 Å². The number of anilines is 1. The van der Waals surface area contributed by atoms with E-state index in [1.54, 1.807) is 12.1 Å². The zero-order valence-corrected chi connectivity index (χ0v) is 15.7. The van der Waals surface area contributed by atoms with Crippen molar-refractivity contribution in [3.05, 3.63) is 40.0 Å². The van der Waals surface area contributed by atoms with E-state index < -0.39 is 17.9 Å². The maximum absolute atomic E-state index is 12.1. The quantitative estimate of drug-likeness (QED) is 0.448. The number of hydrogen-bond acceptors (Lipinski definition) is 5. The van der Waals surface area contributed by atoms with Crippen molar-refractivity contribution < 1.29 is 14.7 Å². The molecule has 0 aliphatic carbocycles. The minimum Gasteiger partial charge on any atom is -0.480 e. The Bertz CT molecular complexity index is 686. The zero-order valence-electron chi connectivity index (χ0n) is 13.3. The van der Waals surface area contributed by atoms with Crippen molar-refractivity contribution in [3.8, 4) is 6.07 Å². The predicted molar refractivity (Wildman–Crippen MR) is 98.8 cm³/mol. The van der Waals surface area contributed by atoms with Crippen molar-refractivity contribution in [2.75, 3.05) is 17.3 Å². The van der Waals surface area contributed by atoms with Gasteiger partial charge in [0.25, 0.3) is 5.91 Å². The van der Waals surface area contributed by atoms with E-state index in [2.05, 4.69) is 26.6 Å². The number of nitriles is 1. The maximum atomic E-state index is 12.1. The van der Waals surface area contributed by atoms with Crippen LogP contribution in [0.25, 0.3) is 0 Å². The van der Waals surface area contributed by atoms with Crippen LogP contribution in [0.4, 0.5) is 5.69 Å². The number of rotatable bonds is 8. The second kappa shape index (κ2) is 10.0. The molecule has 1 aromatic carbocycles. The van der Waals surface area contributed by atoms with Crippen LogP contribution in [0.2, 0.25) is 0 Å². The number of aliphatic carboxylic acids is 1. The molecular formula is C16H18BrN3O3S. The van der Waals surface area contributed by atoms with Crippen LogP contribution in [-0.4, -0.2) is 35.0 Å². The van der Waals surface area contributed by atoms with Gasteiger partial charge in [0, 0.05) is 10.7 Å². The minimum atomic E-state index is -1.12. The molecule has 1 atom stereocenters. The van der Waals surface area contributed by atoms with Crippen molar-refractivity contribution in [2.45, 2.75) is 19.4 Å². The lowest BCUT2D eigenvalue weighted by Crippen LogP contribution is -2.41. The Balaban J connectivity index is 2.81. The van der Waals surface area contributed by atoms with E-state index in [1.165, 1.54) is 18.0 Å². The summed E-state index contributed by atoms with van der Waals surface area (Å²) in [6, 6.07) is 6.34. The largest absolute Gasteiger partial charge is 0.480 e. The summed E-state index contributed by atoms with van der Waals surface area (Å²) in [7, 11) is 0. The fourth-order valence-corrected chi connectivity index (χ4v) is 2.84. The number of benzene rings is 1. The molecule has 0 aromatic heterocycles. The summed E-state index contributed by atoms with van der Waals surface area (Å²) in [4.78, 5) is 23.2. The Morgan fingerprint density at radius 1 is 1.50 bits per heavy atom. The van der Waals surface area contributed by atoms with Gasteiger partial charge >= 0.3 is 5.97 Å². The topological polar surface area (TPSA) is 102 Å². The van der Waals surface area contributed by atoms with E-state index in [4.69, 9.17) is 10.4 Å². The van der Waals surface area contributed by atoms with Crippen LogP contribution < -0.4 is 10.6 Å². The van der Waals surface area contributed by atoms with Crippen molar-refractivity contribution in [3.63, 3.8) is 0 Å². The van der Waals surface area contributed by atoms with Gasteiger partial charge in [0.2, 0.25) is 0 Å². The SMILES string of the molecule is CSCCC(NC(=O)/C(C#N)=C\Nc1ccc(C)cc1Br)C(=O)O. The highest BCUT2D eigenvalue weighted by Crippen LogP contribution is 2.23. The lowest BCUT2D eigenvalue weighted by atomic mass is 10.2. The summed E-state index contributed by atoms with van der Waals surface area (Å²) in [6.45, 7) is 1.94. The summed E-state index contributed by atoms with van der Waals surface area (Å²) in [5.74, 6) is -1.25. The fraction of sp³-hybridized carbons (Fsp3) is 0.312. The predicted octanol–water partition coefficient (Wildman–Crippen LogP) is 2.90. The molecule has 1 rings (SSSR count). The molecule has 24 heavy (non-hydrogen) atoms. The number of thioether (sulfide) groups is 1. The Hall–Kier alpha value is -1.98. The first-order chi connectivity index (χ1) is 11.4. The van der Waals surface area contributed by atoms with Gasteiger partial charge < -0.3 is 15.7 Å². The van der Waals surface area contributed by atoms with Gasteiger partial charge in [-0.25, -0.2) is 4.79 Å². The fourth-order valence-electron chi connectivity index (χ4n) is 1.76. The van der Waals surface area contributed by atoms with Crippen LogP contribution in [0.15, 0.2) is 34.4 Å². The Morgan fingerprint density at radius 3 is 2.75 bits per heavy atom. The summed E-state index contributed by atoms with van der Waals surface area (Å²) in [5, 5.41) is 23.5. The van der Waals surface area contributed by atoms with E-state index >= 15 is 0 Å². The molecule has 0 bridgehead atoms. The third kappa shape index (κ3) is 6.26. The van der Waals surface area contributed by atoms with E-state index in [1.807, 2.05) is 25.3 Å². The van der Waals surface area contributed by atoms with Crippen molar-refractivity contribution in [1.82, 2.24) is 5.32 Å². The van der Waals surface area contributed by atoms with E-state index in [-0.39, 0.29) is 12.0 Å². The number of carboxylic acid groups (broad SMARTS) is 1. The lowest BCUT2D eigenvalue weighted by Gasteiger charge is -2.13. The number of carbonyl (C=O) groups is 2. The highest BCUT2D eigenvalue weighted by molar-refractivity contribution is 9.10. The Kier molecular flexibility index (Phi) is 8.36. The molecule has 0 saturated heterocycles. The number of amides is 1. The van der Waals surface area contributed by atoms with E-state index in [0.29, 0.717) is 11.4 Å². The van der Waals surface area contributed by atoms with Gasteiger partial charge in [0.15, 0.2) is 0 Å². The molecule has 1 unspecified atom stereocenters. The number of carbonyl (C=O) groups excluding carboxylic acids is 1. The third-order valence-electron chi connectivity index (χ3n) is 3.08. The average Bonchev–Trinajstić information content (AvgIpc) is 2.53. The molecule has 0 aliphatic rings. The average molecular weight is 412 g/mol. The molecule has 1 amide bonds. The van der Waals surface area contributed by atoms with Crippen molar-refractivity contribution in [1.29, 1.82) is 5.26 Å². The number of nitrogens with zero attached hydrogens (tertiary/aromatic N) is 1. The monoisotopic (exact) mass is 411 g/mol. The summed E-state index contributed by atoms with van der Waals surface area (Å²) in [6.07, 6.45) is 3.40. The number of hydrogen-bond donors (Lipinski definition) is 3. The van der Waals surface area contributed by atoms with Crippen molar-refractivity contribution >= 4 is 45.3 Å². The summed E-state index contributed by atoms with van der Waals surface area (Å²) in [5.41, 5.74) is 1.56. The van der Waals surface area contributed by atoms with Gasteiger partial charge in [-0.1, -0.05) is 6.07 Å². The van der Waals surface area contributed by atoms with Crippen LogP contribution in [0, 0.1) is 18.3 Å². The van der Waals surface area contributed by atoms with Gasteiger partial charge in [-0.05, 0) is 59.0 Å². The van der Waals surface area contributed by atoms with E-state index in [9.17, 15) is 9.59 Å². The molecule has 6 nitrogen and oxygen atoms in total. The molecule has 0 heterocycles. The second-order valence-electron chi connectivity index (χ2n) is 4.94. The second-order valence-corrected chi connectivity index (χ2v) is 6.78. The smallest absolute Gasteiger partial charge is 0.326 e. The minimum absolute atomic E-state index is 0.196. The third-order valence-corrected chi connectivity index (χ3v) is 4.38. The lowest BCUT2D eigenvalue weighted by molar-refractivity contribution is -0.141. The Labute approximate surface area is 153 Å². The summed E-state index contributed by atoms with van der Waals surface area (Å²) < 4.78 is 0.792. The van der Waals surface area contributed by atoms with Gasteiger partial charge in [-0.2, -0.15) is 17.0 Å². The van der Waals surface area contributed by atoms with Crippen LogP contribution in [0.1, 0.15) is 12.0 Å². The number of halogens is 1. The molecule has 0 aliphatic heterocycles. The first-order valence-electron chi connectivity index (χ1n) is 7.04. The molecule has 8 heteroatoms. The molecular weight excluding hydrogens is 394 g/mol. The molecule has 128 valence electrons. The van der Waals surface area contributed by atoms with Crippen LogP contribution in [0.3, 0.4) is 0 Å². The highest BCUT2D eigenvalue weighted by atomic mass is 79.9. The normalized spacial score (nSPS) is 12.2.